The van der Waals surface area contributed by atoms with Gasteiger partial charge in [-0.1, -0.05) is 0 Å². The molecule has 18 heavy (non-hydrogen) atoms. The van der Waals surface area contributed by atoms with Crippen LogP contribution in [0.3, 0.4) is 0 Å². The molecule has 0 aliphatic heterocycles. The fourth-order valence-electron chi connectivity index (χ4n) is 1.53. The Balaban J connectivity index is 2.94. The summed E-state index contributed by atoms with van der Waals surface area (Å²) in [6.07, 6.45) is 1.31. The predicted octanol–water partition coefficient (Wildman–Crippen LogP) is 1.68. The zero-order chi connectivity index (χ0) is 13.7. The van der Waals surface area contributed by atoms with E-state index in [4.69, 9.17) is 5.11 Å². The Kier molecular flexibility index (Phi) is 4.59. The highest BCUT2D eigenvalue weighted by molar-refractivity contribution is 5.67. The molecule has 98 valence electrons. The molecular formula is C11H15N3O4. The SMILES string of the molecule is CC(C)N(CCC(=O)O)c1cc([N+](=O)[O-])ccn1. The standard InChI is InChI=1S/C11H15N3O4/c1-8(2)13(6-4-11(15)16)10-7-9(14(17)18)3-5-12-10/h3,5,7-8H,4,6H2,1-2H3,(H,15,16). The van der Waals surface area contributed by atoms with E-state index in [2.05, 4.69) is 4.98 Å². The molecule has 0 unspecified atom stereocenters. The zero-order valence-corrected chi connectivity index (χ0v) is 10.2. The van der Waals surface area contributed by atoms with Crippen molar-refractivity contribution >= 4 is 17.5 Å². The van der Waals surface area contributed by atoms with E-state index >= 15 is 0 Å². The van der Waals surface area contributed by atoms with Crippen LogP contribution < -0.4 is 4.90 Å². The maximum Gasteiger partial charge on any atom is 0.305 e. The van der Waals surface area contributed by atoms with E-state index in [-0.39, 0.29) is 24.7 Å². The molecule has 0 aromatic carbocycles. The lowest BCUT2D eigenvalue weighted by Gasteiger charge is -2.26. The number of hydrogen-bond acceptors (Lipinski definition) is 5. The molecule has 0 atom stereocenters. The monoisotopic (exact) mass is 253 g/mol. The Labute approximate surface area is 104 Å². The average molecular weight is 253 g/mol. The van der Waals surface area contributed by atoms with Crippen LogP contribution in [0.1, 0.15) is 20.3 Å². The van der Waals surface area contributed by atoms with Crippen molar-refractivity contribution in [2.75, 3.05) is 11.4 Å². The molecule has 0 saturated heterocycles. The van der Waals surface area contributed by atoms with Crippen LogP contribution in [0.25, 0.3) is 0 Å². The lowest BCUT2D eigenvalue weighted by Crippen LogP contribution is -2.33. The van der Waals surface area contributed by atoms with Crippen LogP contribution in [0.2, 0.25) is 0 Å². The third kappa shape index (κ3) is 3.69. The van der Waals surface area contributed by atoms with E-state index in [0.717, 1.165) is 0 Å². The molecule has 0 amide bonds. The topological polar surface area (TPSA) is 96.6 Å². The minimum atomic E-state index is -0.911. The van der Waals surface area contributed by atoms with Gasteiger partial charge in [-0.05, 0) is 13.8 Å². The minimum Gasteiger partial charge on any atom is -0.481 e. The first-order chi connectivity index (χ1) is 8.41. The van der Waals surface area contributed by atoms with Crippen molar-refractivity contribution in [1.29, 1.82) is 0 Å². The van der Waals surface area contributed by atoms with Crippen molar-refractivity contribution in [2.45, 2.75) is 26.3 Å². The van der Waals surface area contributed by atoms with Crippen LogP contribution in [-0.2, 0) is 4.79 Å². The number of aromatic nitrogens is 1. The first kappa shape index (κ1) is 13.9. The second kappa shape index (κ2) is 5.95. The second-order valence-electron chi connectivity index (χ2n) is 4.06. The number of nitrogens with zero attached hydrogens (tertiary/aromatic N) is 3. The molecule has 7 heteroatoms. The van der Waals surface area contributed by atoms with Gasteiger partial charge in [0.25, 0.3) is 5.69 Å². The van der Waals surface area contributed by atoms with Crippen molar-refractivity contribution in [3.05, 3.63) is 28.4 Å². The highest BCUT2D eigenvalue weighted by Crippen LogP contribution is 2.20. The second-order valence-corrected chi connectivity index (χ2v) is 4.06. The zero-order valence-electron chi connectivity index (χ0n) is 10.2. The summed E-state index contributed by atoms with van der Waals surface area (Å²) in [6.45, 7) is 4.02. The molecule has 7 nitrogen and oxygen atoms in total. The Bertz CT molecular complexity index is 448. The quantitative estimate of drug-likeness (QED) is 0.612. The van der Waals surface area contributed by atoms with Crippen LogP contribution in [0.4, 0.5) is 11.5 Å². The number of carboxylic acids is 1. The Morgan fingerprint density at radius 1 is 1.61 bits per heavy atom. The molecule has 1 rings (SSSR count). The predicted molar refractivity (Wildman–Crippen MR) is 65.6 cm³/mol. The van der Waals surface area contributed by atoms with Gasteiger partial charge < -0.3 is 10.0 Å². The van der Waals surface area contributed by atoms with Crippen molar-refractivity contribution < 1.29 is 14.8 Å². The Morgan fingerprint density at radius 2 is 2.28 bits per heavy atom. The van der Waals surface area contributed by atoms with Gasteiger partial charge in [-0.25, -0.2) is 4.98 Å². The summed E-state index contributed by atoms with van der Waals surface area (Å²) >= 11 is 0. The normalized spacial score (nSPS) is 10.4. The summed E-state index contributed by atoms with van der Waals surface area (Å²) < 4.78 is 0. The number of hydrogen-bond donors (Lipinski definition) is 1. The van der Waals surface area contributed by atoms with E-state index < -0.39 is 10.9 Å². The van der Waals surface area contributed by atoms with Crippen LogP contribution in [0, 0.1) is 10.1 Å². The average Bonchev–Trinajstić information content (AvgIpc) is 2.28. The molecule has 1 heterocycles. The third-order valence-electron chi connectivity index (χ3n) is 2.42. The van der Waals surface area contributed by atoms with Crippen LogP contribution >= 0.6 is 0 Å². The fraction of sp³-hybridized carbons (Fsp3) is 0.455. The minimum absolute atomic E-state index is 0.0128. The fourth-order valence-corrected chi connectivity index (χ4v) is 1.53. The Morgan fingerprint density at radius 3 is 2.78 bits per heavy atom. The lowest BCUT2D eigenvalue weighted by molar-refractivity contribution is -0.384. The summed E-state index contributed by atoms with van der Waals surface area (Å²) in [5.41, 5.74) is -0.0547. The first-order valence-electron chi connectivity index (χ1n) is 5.50. The number of pyridine rings is 1. The highest BCUT2D eigenvalue weighted by Gasteiger charge is 2.16. The molecule has 1 N–H and O–H groups in total. The maximum absolute atomic E-state index is 10.7. The van der Waals surface area contributed by atoms with E-state index in [1.807, 2.05) is 13.8 Å². The van der Waals surface area contributed by atoms with Gasteiger partial charge in [0.2, 0.25) is 0 Å². The van der Waals surface area contributed by atoms with E-state index in [9.17, 15) is 14.9 Å². The number of anilines is 1. The van der Waals surface area contributed by atoms with Gasteiger partial charge in [-0.15, -0.1) is 0 Å². The van der Waals surface area contributed by atoms with Gasteiger partial charge in [0.05, 0.1) is 17.4 Å². The van der Waals surface area contributed by atoms with Crippen LogP contribution in [0.5, 0.6) is 0 Å². The van der Waals surface area contributed by atoms with Crippen molar-refractivity contribution in [2.24, 2.45) is 0 Å². The van der Waals surface area contributed by atoms with Crippen LogP contribution in [-0.4, -0.2) is 33.6 Å². The molecular weight excluding hydrogens is 238 g/mol. The van der Waals surface area contributed by atoms with Crippen LogP contribution in [0.15, 0.2) is 18.3 Å². The highest BCUT2D eigenvalue weighted by atomic mass is 16.6. The summed E-state index contributed by atoms with van der Waals surface area (Å²) in [6, 6.07) is 2.67. The molecule has 0 fully saturated rings. The number of nitro groups is 1. The molecule has 0 saturated carbocycles. The largest absolute Gasteiger partial charge is 0.481 e. The van der Waals surface area contributed by atoms with E-state index in [1.54, 1.807) is 4.90 Å². The molecule has 1 aromatic heterocycles. The van der Waals surface area contributed by atoms with Crippen molar-refractivity contribution in [3.63, 3.8) is 0 Å². The number of carbonyl (C=O) groups is 1. The van der Waals surface area contributed by atoms with E-state index in [0.29, 0.717) is 5.82 Å². The first-order valence-corrected chi connectivity index (χ1v) is 5.50. The number of aliphatic carboxylic acids is 1. The third-order valence-corrected chi connectivity index (χ3v) is 2.42. The maximum atomic E-state index is 10.7. The number of carboxylic acid groups (broad SMARTS) is 1. The molecule has 0 radical (unpaired) electrons. The summed E-state index contributed by atoms with van der Waals surface area (Å²) in [7, 11) is 0. The van der Waals surface area contributed by atoms with Crippen molar-refractivity contribution in [3.8, 4) is 0 Å². The molecule has 0 aliphatic rings. The lowest BCUT2D eigenvalue weighted by atomic mass is 10.2. The van der Waals surface area contributed by atoms with Gasteiger partial charge in [-0.2, -0.15) is 0 Å². The molecule has 0 spiro atoms. The molecule has 0 bridgehead atoms. The summed E-state index contributed by atoms with van der Waals surface area (Å²) in [5, 5.41) is 19.4. The van der Waals surface area contributed by atoms with Gasteiger partial charge >= 0.3 is 5.97 Å². The summed E-state index contributed by atoms with van der Waals surface area (Å²) in [5.74, 6) is -0.494. The van der Waals surface area contributed by atoms with E-state index in [1.165, 1.54) is 18.3 Å². The number of rotatable bonds is 6. The smallest absolute Gasteiger partial charge is 0.305 e. The van der Waals surface area contributed by atoms with Crippen molar-refractivity contribution in [1.82, 2.24) is 4.98 Å². The van der Waals surface area contributed by atoms with Gasteiger partial charge in [0.15, 0.2) is 0 Å². The van der Waals surface area contributed by atoms with Gasteiger partial charge in [0, 0.05) is 24.8 Å². The molecule has 0 aliphatic carbocycles. The summed E-state index contributed by atoms with van der Waals surface area (Å²) in [4.78, 5) is 26.5. The van der Waals surface area contributed by atoms with Gasteiger partial charge in [0.1, 0.15) is 5.82 Å². The van der Waals surface area contributed by atoms with Gasteiger partial charge in [-0.3, -0.25) is 14.9 Å². The Hall–Kier alpha value is -2.18. The molecule has 1 aromatic rings.